The third kappa shape index (κ3) is 4.45. The van der Waals surface area contributed by atoms with Gasteiger partial charge in [0.25, 0.3) is 0 Å². The Bertz CT molecular complexity index is 577. The van der Waals surface area contributed by atoms with Crippen molar-refractivity contribution in [1.29, 1.82) is 0 Å². The highest BCUT2D eigenvalue weighted by Gasteiger charge is 2.12. The summed E-state index contributed by atoms with van der Waals surface area (Å²) in [4.78, 5) is 0. The molecule has 0 atom stereocenters. The number of rotatable bonds is 8. The molecule has 0 unspecified atom stereocenters. The van der Waals surface area contributed by atoms with Gasteiger partial charge in [0.2, 0.25) is 0 Å². The fourth-order valence-corrected chi connectivity index (χ4v) is 2.62. The van der Waals surface area contributed by atoms with E-state index in [1.165, 1.54) is 24.5 Å². The second-order valence-electron chi connectivity index (χ2n) is 4.34. The maximum absolute atomic E-state index is 14.0. The van der Waals surface area contributed by atoms with Crippen molar-refractivity contribution in [2.75, 3.05) is 33.9 Å². The molecule has 7 heteroatoms. The first-order valence-electron chi connectivity index (χ1n) is 6.60. The van der Waals surface area contributed by atoms with Crippen molar-refractivity contribution in [1.82, 2.24) is 15.5 Å². The zero-order chi connectivity index (χ0) is 15.1. The number of methoxy groups -OCH3 is 2. The van der Waals surface area contributed by atoms with Crippen molar-refractivity contribution in [2.24, 2.45) is 0 Å². The van der Waals surface area contributed by atoms with Crippen LogP contribution in [-0.2, 0) is 11.2 Å². The van der Waals surface area contributed by atoms with Gasteiger partial charge in [0.15, 0.2) is 5.01 Å². The SMILES string of the molecule is COCCNCCc1nnc(-c2ccc(OC)cc2F)s1. The molecule has 0 amide bonds. The zero-order valence-corrected chi connectivity index (χ0v) is 12.9. The topological polar surface area (TPSA) is 56.3 Å². The maximum Gasteiger partial charge on any atom is 0.150 e. The van der Waals surface area contributed by atoms with Gasteiger partial charge in [0.05, 0.1) is 13.7 Å². The van der Waals surface area contributed by atoms with Crippen molar-refractivity contribution in [3.05, 3.63) is 29.0 Å². The Morgan fingerprint density at radius 2 is 2.10 bits per heavy atom. The minimum Gasteiger partial charge on any atom is -0.497 e. The van der Waals surface area contributed by atoms with Crippen LogP contribution in [0.4, 0.5) is 4.39 Å². The first-order chi connectivity index (χ1) is 10.2. The fraction of sp³-hybridized carbons (Fsp3) is 0.429. The van der Waals surface area contributed by atoms with E-state index >= 15 is 0 Å². The Hall–Kier alpha value is -1.57. The number of benzene rings is 1. The summed E-state index contributed by atoms with van der Waals surface area (Å²) in [5.74, 6) is 0.138. The lowest BCUT2D eigenvalue weighted by atomic mass is 10.2. The summed E-state index contributed by atoms with van der Waals surface area (Å²) >= 11 is 1.40. The molecule has 2 rings (SSSR count). The molecule has 1 aromatic heterocycles. The van der Waals surface area contributed by atoms with Gasteiger partial charge in [-0.25, -0.2) is 4.39 Å². The molecular weight excluding hydrogens is 293 g/mol. The minimum absolute atomic E-state index is 0.352. The Morgan fingerprint density at radius 3 is 2.81 bits per heavy atom. The van der Waals surface area contributed by atoms with Crippen LogP contribution in [0.25, 0.3) is 10.6 Å². The minimum atomic E-state index is -0.352. The quantitative estimate of drug-likeness (QED) is 0.757. The van der Waals surface area contributed by atoms with Gasteiger partial charge in [0, 0.05) is 38.2 Å². The van der Waals surface area contributed by atoms with Crippen molar-refractivity contribution in [2.45, 2.75) is 6.42 Å². The second kappa shape index (κ2) is 8.02. The van der Waals surface area contributed by atoms with Crippen LogP contribution in [0.15, 0.2) is 18.2 Å². The predicted molar refractivity (Wildman–Crippen MR) is 80.3 cm³/mol. The van der Waals surface area contributed by atoms with Gasteiger partial charge >= 0.3 is 0 Å². The molecule has 0 bridgehead atoms. The van der Waals surface area contributed by atoms with Crippen LogP contribution in [-0.4, -0.2) is 44.1 Å². The van der Waals surface area contributed by atoms with E-state index in [1.807, 2.05) is 0 Å². The largest absolute Gasteiger partial charge is 0.497 e. The number of halogens is 1. The van der Waals surface area contributed by atoms with E-state index < -0.39 is 0 Å². The van der Waals surface area contributed by atoms with Gasteiger partial charge < -0.3 is 14.8 Å². The number of ether oxygens (including phenoxy) is 2. The molecule has 0 saturated carbocycles. The average molecular weight is 311 g/mol. The summed E-state index contributed by atoms with van der Waals surface area (Å²) in [6.07, 6.45) is 0.763. The highest BCUT2D eigenvalue weighted by molar-refractivity contribution is 7.14. The molecule has 0 saturated heterocycles. The predicted octanol–water partition coefficient (Wildman–Crippen LogP) is 2.13. The van der Waals surface area contributed by atoms with Crippen LogP contribution in [0.3, 0.4) is 0 Å². The molecule has 2 aromatic rings. The summed E-state index contributed by atoms with van der Waals surface area (Å²) in [6, 6.07) is 4.73. The van der Waals surface area contributed by atoms with E-state index in [0.29, 0.717) is 22.9 Å². The lowest BCUT2D eigenvalue weighted by molar-refractivity contribution is 0.199. The van der Waals surface area contributed by atoms with Crippen molar-refractivity contribution >= 4 is 11.3 Å². The highest BCUT2D eigenvalue weighted by atomic mass is 32.1. The van der Waals surface area contributed by atoms with Gasteiger partial charge in [0.1, 0.15) is 16.6 Å². The number of aromatic nitrogens is 2. The van der Waals surface area contributed by atoms with Crippen LogP contribution < -0.4 is 10.1 Å². The monoisotopic (exact) mass is 311 g/mol. The van der Waals surface area contributed by atoms with E-state index in [0.717, 1.165) is 24.5 Å². The smallest absolute Gasteiger partial charge is 0.150 e. The summed E-state index contributed by atoms with van der Waals surface area (Å²) in [6.45, 7) is 2.27. The van der Waals surface area contributed by atoms with Crippen molar-refractivity contribution in [3.63, 3.8) is 0 Å². The van der Waals surface area contributed by atoms with E-state index in [-0.39, 0.29) is 5.82 Å². The standard InChI is InChI=1S/C14H18FN3O2S/c1-19-8-7-16-6-5-13-17-18-14(21-13)11-4-3-10(20-2)9-12(11)15/h3-4,9,16H,5-8H2,1-2H3. The molecule has 21 heavy (non-hydrogen) atoms. The average Bonchev–Trinajstić information content (AvgIpc) is 2.95. The fourth-order valence-electron chi connectivity index (χ4n) is 1.75. The zero-order valence-electron chi connectivity index (χ0n) is 12.1. The lowest BCUT2D eigenvalue weighted by Gasteiger charge is -2.02. The summed E-state index contributed by atoms with van der Waals surface area (Å²) in [5, 5.41) is 12.8. The molecule has 0 spiro atoms. The summed E-state index contributed by atoms with van der Waals surface area (Å²) in [7, 11) is 3.18. The summed E-state index contributed by atoms with van der Waals surface area (Å²) in [5.41, 5.74) is 0.451. The molecule has 1 heterocycles. The number of hydrogen-bond acceptors (Lipinski definition) is 6. The van der Waals surface area contributed by atoms with E-state index in [9.17, 15) is 4.39 Å². The molecule has 0 radical (unpaired) electrons. The van der Waals surface area contributed by atoms with Gasteiger partial charge in [-0.1, -0.05) is 11.3 Å². The van der Waals surface area contributed by atoms with Crippen LogP contribution in [0.1, 0.15) is 5.01 Å². The number of nitrogens with one attached hydrogen (secondary N) is 1. The first kappa shape index (κ1) is 15.8. The Kier molecular flexibility index (Phi) is 6.04. The highest BCUT2D eigenvalue weighted by Crippen LogP contribution is 2.28. The van der Waals surface area contributed by atoms with Crippen LogP contribution in [0.2, 0.25) is 0 Å². The molecule has 114 valence electrons. The Balaban J connectivity index is 1.96. The molecule has 0 fully saturated rings. The maximum atomic E-state index is 14.0. The van der Waals surface area contributed by atoms with Crippen LogP contribution in [0.5, 0.6) is 5.75 Å². The molecule has 0 aliphatic rings. The molecule has 1 aromatic carbocycles. The summed E-state index contributed by atoms with van der Waals surface area (Å²) < 4.78 is 23.9. The molecule has 0 aliphatic carbocycles. The Labute approximate surface area is 127 Å². The number of hydrogen-bond donors (Lipinski definition) is 1. The second-order valence-corrected chi connectivity index (χ2v) is 5.40. The van der Waals surface area contributed by atoms with Crippen LogP contribution in [0, 0.1) is 5.82 Å². The van der Waals surface area contributed by atoms with Crippen molar-refractivity contribution in [3.8, 4) is 16.3 Å². The molecule has 5 nitrogen and oxygen atoms in total. The van der Waals surface area contributed by atoms with Gasteiger partial charge in [-0.3, -0.25) is 0 Å². The van der Waals surface area contributed by atoms with E-state index in [2.05, 4.69) is 15.5 Å². The third-order valence-electron chi connectivity index (χ3n) is 2.87. The number of nitrogens with zero attached hydrogens (tertiary/aromatic N) is 2. The molecule has 0 aliphatic heterocycles. The first-order valence-corrected chi connectivity index (χ1v) is 7.42. The van der Waals surface area contributed by atoms with Gasteiger partial charge in [-0.2, -0.15) is 0 Å². The third-order valence-corrected chi connectivity index (χ3v) is 3.89. The van der Waals surface area contributed by atoms with Crippen molar-refractivity contribution < 1.29 is 13.9 Å². The van der Waals surface area contributed by atoms with Crippen LogP contribution >= 0.6 is 11.3 Å². The molecule has 1 N–H and O–H groups in total. The Morgan fingerprint density at radius 1 is 1.24 bits per heavy atom. The van der Waals surface area contributed by atoms with Gasteiger partial charge in [-0.15, -0.1) is 10.2 Å². The van der Waals surface area contributed by atoms with E-state index in [4.69, 9.17) is 9.47 Å². The normalized spacial score (nSPS) is 10.8. The van der Waals surface area contributed by atoms with E-state index in [1.54, 1.807) is 19.2 Å². The lowest BCUT2D eigenvalue weighted by Crippen LogP contribution is -2.21. The molecular formula is C14H18FN3O2S. The van der Waals surface area contributed by atoms with Gasteiger partial charge in [-0.05, 0) is 12.1 Å².